The van der Waals surface area contributed by atoms with E-state index in [0.29, 0.717) is 0 Å². The van der Waals surface area contributed by atoms with Crippen molar-refractivity contribution in [3.8, 4) is 0 Å². The molecule has 3 nitrogen and oxygen atoms in total. The number of hydrogen-bond donors (Lipinski definition) is 1. The van der Waals surface area contributed by atoms with E-state index >= 15 is 0 Å². The van der Waals surface area contributed by atoms with Gasteiger partial charge in [0.25, 0.3) is 0 Å². The largest absolute Gasteiger partial charge is 0.345 e. The molecular formula is C9H15N3. The zero-order valence-corrected chi connectivity index (χ0v) is 7.51. The minimum absolute atomic E-state index is 1.02. The lowest BCUT2D eigenvalue weighted by atomic mass is 10.4. The van der Waals surface area contributed by atoms with Crippen LogP contribution in [-0.2, 0) is 6.54 Å². The molecule has 1 fully saturated rings. The predicted molar refractivity (Wildman–Crippen MR) is 47.8 cm³/mol. The molecule has 0 bridgehead atoms. The fourth-order valence-electron chi connectivity index (χ4n) is 1.73. The lowest BCUT2D eigenvalue weighted by molar-refractivity contribution is 0.327. The van der Waals surface area contributed by atoms with Crippen LogP contribution in [0.3, 0.4) is 0 Å². The normalized spacial score (nSPS) is 18.8. The third-order valence-electron chi connectivity index (χ3n) is 2.35. The van der Waals surface area contributed by atoms with Crippen molar-refractivity contribution in [2.75, 3.05) is 13.1 Å². The van der Waals surface area contributed by atoms with Crippen LogP contribution in [0, 0.1) is 6.92 Å². The first kappa shape index (κ1) is 7.80. The summed E-state index contributed by atoms with van der Waals surface area (Å²) in [6.45, 7) is 5.53. The van der Waals surface area contributed by atoms with Crippen molar-refractivity contribution in [1.82, 2.24) is 14.9 Å². The van der Waals surface area contributed by atoms with Crippen LogP contribution < -0.4 is 0 Å². The monoisotopic (exact) mass is 165 g/mol. The molecule has 0 unspecified atom stereocenters. The molecular weight excluding hydrogens is 150 g/mol. The fraction of sp³-hybridized carbons (Fsp3) is 0.667. The highest BCUT2D eigenvalue weighted by Gasteiger charge is 2.12. The second-order valence-corrected chi connectivity index (χ2v) is 3.48. The molecule has 66 valence electrons. The minimum Gasteiger partial charge on any atom is -0.345 e. The molecule has 3 heteroatoms. The van der Waals surface area contributed by atoms with Crippen molar-refractivity contribution in [2.24, 2.45) is 0 Å². The molecule has 0 saturated carbocycles. The molecule has 0 amide bonds. The number of rotatable bonds is 2. The fourth-order valence-corrected chi connectivity index (χ4v) is 1.73. The Morgan fingerprint density at radius 2 is 2.25 bits per heavy atom. The van der Waals surface area contributed by atoms with Gasteiger partial charge >= 0.3 is 0 Å². The van der Waals surface area contributed by atoms with Crippen molar-refractivity contribution < 1.29 is 0 Å². The average molecular weight is 165 g/mol. The van der Waals surface area contributed by atoms with Crippen LogP contribution in [-0.4, -0.2) is 28.0 Å². The molecule has 0 spiro atoms. The molecule has 0 atom stereocenters. The highest BCUT2D eigenvalue weighted by molar-refractivity contribution is 4.99. The lowest BCUT2D eigenvalue weighted by Gasteiger charge is -2.11. The maximum atomic E-state index is 4.18. The van der Waals surface area contributed by atoms with Crippen LogP contribution in [0.4, 0.5) is 0 Å². The summed E-state index contributed by atoms with van der Waals surface area (Å²) in [6, 6.07) is 0. The summed E-state index contributed by atoms with van der Waals surface area (Å²) in [4.78, 5) is 9.89. The van der Waals surface area contributed by atoms with Gasteiger partial charge in [-0.15, -0.1) is 0 Å². The number of nitrogens with one attached hydrogen (secondary N) is 1. The maximum Gasteiger partial charge on any atom is 0.103 e. The summed E-state index contributed by atoms with van der Waals surface area (Å²) in [5.74, 6) is 1.02. The second-order valence-electron chi connectivity index (χ2n) is 3.48. The van der Waals surface area contributed by atoms with Crippen molar-refractivity contribution in [3.05, 3.63) is 17.7 Å². The van der Waals surface area contributed by atoms with Gasteiger partial charge in [0.2, 0.25) is 0 Å². The van der Waals surface area contributed by atoms with E-state index in [4.69, 9.17) is 0 Å². The Bertz CT molecular complexity index is 248. The summed E-state index contributed by atoms with van der Waals surface area (Å²) >= 11 is 0. The van der Waals surface area contributed by atoms with E-state index in [2.05, 4.69) is 14.9 Å². The van der Waals surface area contributed by atoms with Crippen molar-refractivity contribution >= 4 is 0 Å². The smallest absolute Gasteiger partial charge is 0.103 e. The molecule has 0 aliphatic carbocycles. The molecule has 0 aromatic carbocycles. The first-order valence-corrected chi connectivity index (χ1v) is 4.57. The summed E-state index contributed by atoms with van der Waals surface area (Å²) in [6.07, 6.45) is 4.65. The highest BCUT2D eigenvalue weighted by Crippen LogP contribution is 2.10. The molecule has 1 aromatic heterocycles. The zero-order valence-electron chi connectivity index (χ0n) is 7.51. The van der Waals surface area contributed by atoms with Gasteiger partial charge in [0, 0.05) is 18.4 Å². The van der Waals surface area contributed by atoms with Crippen LogP contribution in [0.1, 0.15) is 24.4 Å². The van der Waals surface area contributed by atoms with Crippen LogP contribution in [0.5, 0.6) is 0 Å². The molecule has 0 radical (unpaired) electrons. The van der Waals surface area contributed by atoms with E-state index in [1.165, 1.54) is 31.6 Å². The topological polar surface area (TPSA) is 31.9 Å². The van der Waals surface area contributed by atoms with Gasteiger partial charge in [0.15, 0.2) is 0 Å². The number of likely N-dealkylation sites (tertiary alicyclic amines) is 1. The van der Waals surface area contributed by atoms with Gasteiger partial charge in [-0.1, -0.05) is 0 Å². The maximum absolute atomic E-state index is 4.18. The van der Waals surface area contributed by atoms with E-state index in [-0.39, 0.29) is 0 Å². The third kappa shape index (κ3) is 1.67. The molecule has 1 aliphatic heterocycles. The zero-order chi connectivity index (χ0) is 8.39. The molecule has 2 rings (SSSR count). The third-order valence-corrected chi connectivity index (χ3v) is 2.35. The van der Waals surface area contributed by atoms with Gasteiger partial charge in [0.1, 0.15) is 5.82 Å². The first-order chi connectivity index (χ1) is 5.84. The highest BCUT2D eigenvalue weighted by atomic mass is 15.1. The van der Waals surface area contributed by atoms with Crippen molar-refractivity contribution in [3.63, 3.8) is 0 Å². The van der Waals surface area contributed by atoms with Crippen molar-refractivity contribution in [2.45, 2.75) is 26.3 Å². The Morgan fingerprint density at radius 3 is 2.83 bits per heavy atom. The molecule has 1 aliphatic rings. The molecule has 12 heavy (non-hydrogen) atoms. The molecule has 1 N–H and O–H groups in total. The van der Waals surface area contributed by atoms with Gasteiger partial charge in [0.05, 0.1) is 0 Å². The van der Waals surface area contributed by atoms with Gasteiger partial charge in [-0.05, 0) is 32.9 Å². The number of H-pyrrole nitrogens is 1. The van der Waals surface area contributed by atoms with Crippen LogP contribution in [0.15, 0.2) is 6.20 Å². The van der Waals surface area contributed by atoms with Gasteiger partial charge < -0.3 is 4.98 Å². The van der Waals surface area contributed by atoms with Crippen LogP contribution in [0.25, 0.3) is 0 Å². The molecule has 1 aromatic rings. The van der Waals surface area contributed by atoms with Gasteiger partial charge in [-0.3, -0.25) is 4.90 Å². The van der Waals surface area contributed by atoms with Crippen LogP contribution in [0.2, 0.25) is 0 Å². The lowest BCUT2D eigenvalue weighted by Crippen LogP contribution is -2.18. The Balaban J connectivity index is 1.94. The molecule has 2 heterocycles. The average Bonchev–Trinajstić information content (AvgIpc) is 2.63. The Kier molecular flexibility index (Phi) is 2.13. The summed E-state index contributed by atoms with van der Waals surface area (Å²) in [5.41, 5.74) is 1.24. The second kappa shape index (κ2) is 3.27. The predicted octanol–water partition coefficient (Wildman–Crippen LogP) is 1.31. The number of aryl methyl sites for hydroxylation is 1. The van der Waals surface area contributed by atoms with E-state index < -0.39 is 0 Å². The first-order valence-electron chi connectivity index (χ1n) is 4.57. The van der Waals surface area contributed by atoms with E-state index in [9.17, 15) is 0 Å². The van der Waals surface area contributed by atoms with Gasteiger partial charge in [-0.2, -0.15) is 0 Å². The van der Waals surface area contributed by atoms with E-state index in [1.807, 2.05) is 13.1 Å². The van der Waals surface area contributed by atoms with E-state index in [0.717, 1.165) is 12.4 Å². The number of nitrogens with zero attached hydrogens (tertiary/aromatic N) is 2. The number of aromatic nitrogens is 2. The standard InChI is InChI=1S/C9H15N3/c1-8-10-6-9(11-8)7-12-4-2-3-5-12/h6H,2-5,7H2,1H3,(H,10,11). The quantitative estimate of drug-likeness (QED) is 0.716. The Labute approximate surface area is 72.8 Å². The van der Waals surface area contributed by atoms with E-state index in [1.54, 1.807) is 0 Å². The Hall–Kier alpha value is -0.830. The SMILES string of the molecule is Cc1ncc(CN2CCCC2)[nH]1. The summed E-state index contributed by atoms with van der Waals surface area (Å²) < 4.78 is 0. The number of aromatic amines is 1. The van der Waals surface area contributed by atoms with Gasteiger partial charge in [-0.25, -0.2) is 4.98 Å². The van der Waals surface area contributed by atoms with Crippen LogP contribution >= 0.6 is 0 Å². The van der Waals surface area contributed by atoms with Crippen molar-refractivity contribution in [1.29, 1.82) is 0 Å². The Morgan fingerprint density at radius 1 is 1.50 bits per heavy atom. The number of imidazole rings is 1. The summed E-state index contributed by atoms with van der Waals surface area (Å²) in [5, 5.41) is 0. The number of hydrogen-bond acceptors (Lipinski definition) is 2. The molecule has 1 saturated heterocycles. The minimum atomic E-state index is 1.02. The summed E-state index contributed by atoms with van der Waals surface area (Å²) in [7, 11) is 0.